The molecule has 2 N–H and O–H groups in total. The Bertz CT molecular complexity index is 496. The molecule has 0 radical (unpaired) electrons. The van der Waals surface area contributed by atoms with Crippen molar-refractivity contribution in [2.45, 2.75) is 36.3 Å². The van der Waals surface area contributed by atoms with Gasteiger partial charge in [0, 0.05) is 29.8 Å². The summed E-state index contributed by atoms with van der Waals surface area (Å²) in [4.78, 5) is 16.3. The summed E-state index contributed by atoms with van der Waals surface area (Å²) in [5.74, 6) is 3.66. The number of nitrogens with one attached hydrogen (secondary N) is 2. The summed E-state index contributed by atoms with van der Waals surface area (Å²) < 4.78 is 5.36. The molecule has 2 saturated heterocycles. The molecule has 6 nitrogen and oxygen atoms in total. The van der Waals surface area contributed by atoms with Gasteiger partial charge in [0.05, 0.1) is 17.7 Å². The number of carbonyl (C=O) groups excluding carboxylic acids is 1. The molecule has 0 aliphatic carbocycles. The highest BCUT2D eigenvalue weighted by molar-refractivity contribution is 8.06. The van der Waals surface area contributed by atoms with E-state index in [0.29, 0.717) is 29.4 Å². The van der Waals surface area contributed by atoms with Crippen molar-refractivity contribution >= 4 is 29.4 Å². The molecule has 116 valence electrons. The van der Waals surface area contributed by atoms with E-state index in [1.807, 2.05) is 23.5 Å². The molecule has 0 saturated carbocycles. The average Bonchev–Trinajstić information content (AvgIpc) is 2.98. The molecule has 21 heavy (non-hydrogen) atoms. The number of rotatable bonds is 4. The van der Waals surface area contributed by atoms with Crippen molar-refractivity contribution in [3.8, 4) is 0 Å². The zero-order valence-corrected chi connectivity index (χ0v) is 13.6. The summed E-state index contributed by atoms with van der Waals surface area (Å²) in [6.45, 7) is 3.66. The van der Waals surface area contributed by atoms with Crippen LogP contribution in [0.3, 0.4) is 0 Å². The molecular weight excluding hydrogens is 308 g/mol. The first-order chi connectivity index (χ1) is 10.3. The molecule has 0 aromatic carbocycles. The monoisotopic (exact) mass is 328 g/mol. The summed E-state index contributed by atoms with van der Waals surface area (Å²) in [5, 5.41) is 11.0. The lowest BCUT2D eigenvalue weighted by Gasteiger charge is -2.27. The van der Waals surface area contributed by atoms with Crippen molar-refractivity contribution in [1.82, 2.24) is 20.8 Å². The molecular formula is C13H20N4O2S2. The largest absolute Gasteiger partial charge is 0.353 e. The van der Waals surface area contributed by atoms with Crippen LogP contribution in [-0.4, -0.2) is 51.9 Å². The Morgan fingerprint density at radius 3 is 3.00 bits per heavy atom. The van der Waals surface area contributed by atoms with Gasteiger partial charge in [-0.15, -0.1) is 11.8 Å². The van der Waals surface area contributed by atoms with Gasteiger partial charge in [0.1, 0.15) is 0 Å². The molecule has 3 atom stereocenters. The van der Waals surface area contributed by atoms with E-state index >= 15 is 0 Å². The van der Waals surface area contributed by atoms with Crippen molar-refractivity contribution in [2.75, 3.05) is 24.6 Å². The van der Waals surface area contributed by atoms with Gasteiger partial charge in [-0.2, -0.15) is 16.7 Å². The Hall–Kier alpha value is -0.730. The van der Waals surface area contributed by atoms with Gasteiger partial charge in [-0.05, 0) is 6.42 Å². The summed E-state index contributed by atoms with van der Waals surface area (Å²) in [7, 11) is 0. The molecule has 1 aromatic rings. The number of hydrogen-bond donors (Lipinski definition) is 2. The number of aromatic nitrogens is 2. The summed E-state index contributed by atoms with van der Waals surface area (Å²) in [5.41, 5.74) is 0. The normalized spacial score (nSPS) is 30.1. The molecule has 3 heterocycles. The van der Waals surface area contributed by atoms with Crippen LogP contribution in [-0.2, 0) is 11.2 Å². The quantitative estimate of drug-likeness (QED) is 0.853. The van der Waals surface area contributed by atoms with Crippen LogP contribution in [0.5, 0.6) is 0 Å². The third kappa shape index (κ3) is 3.54. The minimum atomic E-state index is -0.262. The fraction of sp³-hybridized carbons (Fsp3) is 0.769. The molecule has 3 unspecified atom stereocenters. The summed E-state index contributed by atoms with van der Waals surface area (Å²) in [6, 6.07) is -0.262. The van der Waals surface area contributed by atoms with Crippen LogP contribution in [0.1, 0.15) is 30.3 Å². The SMILES string of the molecule is CCC1SCCSC1c1noc(CC2NCCNC2=O)n1. The van der Waals surface area contributed by atoms with E-state index in [1.165, 1.54) is 5.75 Å². The lowest BCUT2D eigenvalue weighted by molar-refractivity contribution is -0.124. The highest BCUT2D eigenvalue weighted by atomic mass is 32.2. The zero-order valence-electron chi connectivity index (χ0n) is 12.0. The first-order valence-electron chi connectivity index (χ1n) is 7.34. The van der Waals surface area contributed by atoms with Crippen LogP contribution in [0.25, 0.3) is 0 Å². The number of piperazine rings is 1. The van der Waals surface area contributed by atoms with E-state index in [0.717, 1.165) is 24.5 Å². The Kier molecular flexibility index (Phi) is 5.07. The van der Waals surface area contributed by atoms with Gasteiger partial charge in [-0.3, -0.25) is 4.79 Å². The van der Waals surface area contributed by atoms with Gasteiger partial charge >= 0.3 is 0 Å². The fourth-order valence-electron chi connectivity index (χ4n) is 2.60. The Labute approximate surface area is 132 Å². The zero-order chi connectivity index (χ0) is 14.7. The molecule has 1 amide bonds. The van der Waals surface area contributed by atoms with Crippen LogP contribution in [0.15, 0.2) is 4.52 Å². The van der Waals surface area contributed by atoms with Crippen molar-refractivity contribution in [3.05, 3.63) is 11.7 Å². The maximum atomic E-state index is 11.7. The van der Waals surface area contributed by atoms with E-state index in [2.05, 4.69) is 27.7 Å². The second-order valence-electron chi connectivity index (χ2n) is 5.16. The number of nitrogens with zero attached hydrogens (tertiary/aromatic N) is 2. The lowest BCUT2D eigenvalue weighted by atomic mass is 10.1. The highest BCUT2D eigenvalue weighted by Crippen LogP contribution is 2.42. The first-order valence-corrected chi connectivity index (χ1v) is 9.44. The topological polar surface area (TPSA) is 80.0 Å². The van der Waals surface area contributed by atoms with Crippen LogP contribution in [0.4, 0.5) is 0 Å². The van der Waals surface area contributed by atoms with Gasteiger partial charge in [-0.25, -0.2) is 0 Å². The minimum absolute atomic E-state index is 0.00929. The number of amides is 1. The first kappa shape index (κ1) is 15.2. The summed E-state index contributed by atoms with van der Waals surface area (Å²) >= 11 is 3.90. The predicted molar refractivity (Wildman–Crippen MR) is 84.5 cm³/mol. The van der Waals surface area contributed by atoms with Gasteiger partial charge in [0.15, 0.2) is 5.82 Å². The molecule has 0 bridgehead atoms. The van der Waals surface area contributed by atoms with Crippen molar-refractivity contribution < 1.29 is 9.32 Å². The Balaban J connectivity index is 1.66. The van der Waals surface area contributed by atoms with Gasteiger partial charge in [0.25, 0.3) is 0 Å². The van der Waals surface area contributed by atoms with Crippen LogP contribution >= 0.6 is 23.5 Å². The average molecular weight is 328 g/mol. The molecule has 2 fully saturated rings. The molecule has 2 aliphatic heterocycles. The maximum Gasteiger partial charge on any atom is 0.237 e. The fourth-order valence-corrected chi connectivity index (χ4v) is 5.58. The van der Waals surface area contributed by atoms with E-state index in [1.54, 1.807) is 0 Å². The number of hydrogen-bond acceptors (Lipinski definition) is 7. The van der Waals surface area contributed by atoms with Crippen molar-refractivity contribution in [3.63, 3.8) is 0 Å². The number of thioether (sulfide) groups is 2. The lowest BCUT2D eigenvalue weighted by Crippen LogP contribution is -2.53. The van der Waals surface area contributed by atoms with E-state index < -0.39 is 0 Å². The minimum Gasteiger partial charge on any atom is -0.353 e. The number of carbonyl (C=O) groups is 1. The predicted octanol–water partition coefficient (Wildman–Crippen LogP) is 1.000. The smallest absolute Gasteiger partial charge is 0.237 e. The Morgan fingerprint density at radius 2 is 2.19 bits per heavy atom. The van der Waals surface area contributed by atoms with E-state index in [4.69, 9.17) is 4.52 Å². The molecule has 2 aliphatic rings. The second-order valence-corrected chi connectivity index (χ2v) is 7.75. The molecule has 8 heteroatoms. The van der Waals surface area contributed by atoms with E-state index in [-0.39, 0.29) is 11.9 Å². The third-order valence-electron chi connectivity index (χ3n) is 3.70. The Morgan fingerprint density at radius 1 is 1.33 bits per heavy atom. The van der Waals surface area contributed by atoms with Gasteiger partial charge in [0.2, 0.25) is 11.8 Å². The van der Waals surface area contributed by atoms with Crippen molar-refractivity contribution in [1.29, 1.82) is 0 Å². The third-order valence-corrected chi connectivity index (χ3v) is 6.94. The van der Waals surface area contributed by atoms with Gasteiger partial charge in [-0.1, -0.05) is 12.1 Å². The van der Waals surface area contributed by atoms with Crippen LogP contribution in [0, 0.1) is 0 Å². The van der Waals surface area contributed by atoms with E-state index in [9.17, 15) is 4.79 Å². The maximum absolute atomic E-state index is 11.7. The second kappa shape index (κ2) is 7.02. The molecule has 3 rings (SSSR count). The highest BCUT2D eigenvalue weighted by Gasteiger charge is 2.31. The van der Waals surface area contributed by atoms with Crippen LogP contribution in [0.2, 0.25) is 0 Å². The summed E-state index contributed by atoms with van der Waals surface area (Å²) in [6.07, 6.45) is 1.57. The standard InChI is InChI=1S/C13H20N4O2S2/c1-2-9-11(21-6-5-20-9)12-16-10(19-17-12)7-8-13(18)15-4-3-14-8/h8-9,11,14H,2-7H2,1H3,(H,15,18). The van der Waals surface area contributed by atoms with Crippen molar-refractivity contribution in [2.24, 2.45) is 0 Å². The van der Waals surface area contributed by atoms with Crippen LogP contribution < -0.4 is 10.6 Å². The molecule has 0 spiro atoms. The van der Waals surface area contributed by atoms with Gasteiger partial charge < -0.3 is 15.2 Å². The molecule has 1 aromatic heterocycles.